The van der Waals surface area contributed by atoms with Crippen molar-refractivity contribution in [2.75, 3.05) is 31.6 Å². The van der Waals surface area contributed by atoms with Crippen molar-refractivity contribution in [2.24, 2.45) is 4.99 Å². The van der Waals surface area contributed by atoms with Gasteiger partial charge in [-0.3, -0.25) is 19.5 Å². The number of carbonyl (C=O) groups excluding carboxylic acids is 2. The number of pyridine rings is 1. The van der Waals surface area contributed by atoms with Crippen LogP contribution in [0.4, 0.5) is 24.7 Å². The third-order valence-electron chi connectivity index (χ3n) is 6.93. The molecule has 1 aromatic heterocycles. The maximum atomic E-state index is 15.8. The van der Waals surface area contributed by atoms with Crippen LogP contribution in [0.5, 0.6) is 5.75 Å². The van der Waals surface area contributed by atoms with Gasteiger partial charge in [0.15, 0.2) is 11.6 Å². The highest BCUT2D eigenvalue weighted by Gasteiger charge is 2.32. The zero-order valence-corrected chi connectivity index (χ0v) is 22.6. The molecule has 8 nitrogen and oxygen atoms in total. The van der Waals surface area contributed by atoms with E-state index < -0.39 is 34.5 Å². The van der Waals surface area contributed by atoms with E-state index in [9.17, 15) is 19.1 Å². The van der Waals surface area contributed by atoms with Gasteiger partial charge < -0.3 is 14.9 Å². The van der Waals surface area contributed by atoms with Gasteiger partial charge in [0.2, 0.25) is 12.8 Å². The zero-order valence-electron chi connectivity index (χ0n) is 22.6. The summed E-state index contributed by atoms with van der Waals surface area (Å²) < 4.78 is 46.0. The second kappa shape index (κ2) is 11.8. The molecule has 2 amide bonds. The van der Waals surface area contributed by atoms with Gasteiger partial charge in [-0.05, 0) is 42.7 Å². The largest absolute Gasteiger partial charge is 0.507 e. The van der Waals surface area contributed by atoms with E-state index in [0.717, 1.165) is 23.4 Å². The molecule has 210 valence electrons. The molecule has 2 aromatic carbocycles. The molecule has 0 spiro atoms. The number of anilines is 2. The second-order valence-corrected chi connectivity index (χ2v) is 9.82. The monoisotopic (exact) mass is 553 g/mol. The Balaban J connectivity index is 2.01. The number of hydrogen-bond donors (Lipinski definition) is 1. The van der Waals surface area contributed by atoms with E-state index >= 15 is 8.78 Å². The highest BCUT2D eigenvalue weighted by atomic mass is 19.1. The van der Waals surface area contributed by atoms with Crippen LogP contribution in [0.3, 0.4) is 0 Å². The number of rotatable bonds is 7. The fraction of sp³-hybridized carbons (Fsp3) is 0.310. The predicted molar refractivity (Wildman–Crippen MR) is 146 cm³/mol. The van der Waals surface area contributed by atoms with Crippen molar-refractivity contribution >= 4 is 30.2 Å². The number of piperazine rings is 1. The number of aromatic hydroxyl groups is 1. The highest BCUT2D eigenvalue weighted by molar-refractivity contribution is 6.06. The van der Waals surface area contributed by atoms with Crippen LogP contribution < -0.4 is 4.90 Å². The molecule has 3 aromatic rings. The van der Waals surface area contributed by atoms with Crippen LogP contribution in [0.2, 0.25) is 0 Å². The van der Waals surface area contributed by atoms with E-state index in [1.807, 2.05) is 25.7 Å². The number of aromatic nitrogens is 1. The fourth-order valence-electron chi connectivity index (χ4n) is 5.01. The summed E-state index contributed by atoms with van der Waals surface area (Å²) in [5, 5.41) is 10.4. The minimum Gasteiger partial charge on any atom is -0.507 e. The minimum absolute atomic E-state index is 0.0519. The molecule has 0 radical (unpaired) electrons. The van der Waals surface area contributed by atoms with Gasteiger partial charge in [0.05, 0.1) is 16.8 Å². The summed E-state index contributed by atoms with van der Waals surface area (Å²) in [5.41, 5.74) is -0.610. The number of phenols is 1. The first-order valence-corrected chi connectivity index (χ1v) is 12.8. The lowest BCUT2D eigenvalue weighted by atomic mass is 9.99. The topological polar surface area (TPSA) is 89.3 Å². The van der Waals surface area contributed by atoms with Crippen molar-refractivity contribution in [1.82, 2.24) is 14.8 Å². The molecule has 1 N–H and O–H groups in total. The van der Waals surface area contributed by atoms with Crippen LogP contribution in [-0.2, 0) is 9.59 Å². The summed E-state index contributed by atoms with van der Waals surface area (Å²) in [6.45, 7) is 6.62. The van der Waals surface area contributed by atoms with Gasteiger partial charge in [-0.2, -0.15) is 0 Å². The van der Waals surface area contributed by atoms with Crippen LogP contribution in [-0.4, -0.2) is 71.3 Å². The molecular formula is C29H30F3N5O3. The van der Waals surface area contributed by atoms with E-state index in [-0.39, 0.29) is 34.9 Å². The van der Waals surface area contributed by atoms with Crippen LogP contribution in [0.25, 0.3) is 11.3 Å². The van der Waals surface area contributed by atoms with E-state index in [1.54, 1.807) is 11.0 Å². The molecule has 1 fully saturated rings. The van der Waals surface area contributed by atoms with Crippen molar-refractivity contribution in [3.8, 4) is 17.0 Å². The van der Waals surface area contributed by atoms with Gasteiger partial charge >= 0.3 is 0 Å². The minimum atomic E-state index is -0.983. The zero-order chi connectivity index (χ0) is 29.1. The Morgan fingerprint density at radius 3 is 2.40 bits per heavy atom. The molecule has 11 heteroatoms. The fourth-order valence-corrected chi connectivity index (χ4v) is 5.01. The predicted octanol–water partition coefficient (Wildman–Crippen LogP) is 4.83. The summed E-state index contributed by atoms with van der Waals surface area (Å²) in [6, 6.07) is 8.68. The van der Waals surface area contributed by atoms with Crippen molar-refractivity contribution in [2.45, 2.75) is 32.7 Å². The summed E-state index contributed by atoms with van der Waals surface area (Å²) in [4.78, 5) is 37.2. The maximum absolute atomic E-state index is 15.8. The average molecular weight is 554 g/mol. The first kappa shape index (κ1) is 28.6. The molecule has 1 unspecified atom stereocenters. The summed E-state index contributed by atoms with van der Waals surface area (Å²) in [5.74, 6) is -3.34. The molecule has 1 saturated heterocycles. The third kappa shape index (κ3) is 5.23. The number of aliphatic imine (C=N–C) groups is 1. The smallest absolute Gasteiger partial charge is 0.220 e. The summed E-state index contributed by atoms with van der Waals surface area (Å²) in [7, 11) is 1.49. The first-order valence-electron chi connectivity index (χ1n) is 12.8. The van der Waals surface area contributed by atoms with Gasteiger partial charge in [0.25, 0.3) is 0 Å². The van der Waals surface area contributed by atoms with Crippen molar-refractivity contribution < 1.29 is 27.9 Å². The van der Waals surface area contributed by atoms with Gasteiger partial charge in [0.1, 0.15) is 28.9 Å². The number of halogens is 3. The SMILES string of the molecule is CN=C(c1cc(F)c(-c2c(O)cccc2F)nc1N(C=O)c1c(F)cccc1C(C)C)N1CCN(C=O)CC1C. The molecule has 4 rings (SSSR count). The number of amides is 2. The normalized spacial score (nSPS) is 15.9. The van der Waals surface area contributed by atoms with E-state index in [2.05, 4.69) is 9.98 Å². The quantitative estimate of drug-likeness (QED) is 0.257. The Bertz CT molecular complexity index is 1440. The van der Waals surface area contributed by atoms with Gasteiger partial charge in [-0.15, -0.1) is 0 Å². The van der Waals surface area contributed by atoms with Crippen molar-refractivity contribution in [3.63, 3.8) is 0 Å². The molecule has 1 aliphatic heterocycles. The Hall–Kier alpha value is -4.41. The molecule has 1 atom stereocenters. The molecule has 2 heterocycles. The molecule has 0 bridgehead atoms. The van der Waals surface area contributed by atoms with E-state index in [1.165, 1.54) is 31.3 Å². The lowest BCUT2D eigenvalue weighted by Gasteiger charge is -2.40. The number of benzene rings is 2. The number of para-hydroxylation sites is 1. The van der Waals surface area contributed by atoms with Crippen LogP contribution in [0.1, 0.15) is 37.8 Å². The average Bonchev–Trinajstić information content (AvgIpc) is 2.92. The van der Waals surface area contributed by atoms with Gasteiger partial charge in [0, 0.05) is 32.7 Å². The Labute approximate surface area is 230 Å². The number of amidine groups is 1. The van der Waals surface area contributed by atoms with Crippen LogP contribution >= 0.6 is 0 Å². The Morgan fingerprint density at radius 1 is 1.10 bits per heavy atom. The third-order valence-corrected chi connectivity index (χ3v) is 6.93. The summed E-state index contributed by atoms with van der Waals surface area (Å²) in [6.07, 6.45) is 1.11. The number of phenolic OH excluding ortho intramolecular Hbond substituents is 1. The molecule has 0 aliphatic carbocycles. The van der Waals surface area contributed by atoms with Gasteiger partial charge in [-0.1, -0.05) is 32.0 Å². The Kier molecular flexibility index (Phi) is 8.41. The first-order chi connectivity index (χ1) is 19.1. The maximum Gasteiger partial charge on any atom is 0.220 e. The lowest BCUT2D eigenvalue weighted by molar-refractivity contribution is -0.120. The highest BCUT2D eigenvalue weighted by Crippen LogP contribution is 2.39. The molecular weight excluding hydrogens is 523 g/mol. The molecule has 0 saturated carbocycles. The lowest BCUT2D eigenvalue weighted by Crippen LogP contribution is -2.54. The van der Waals surface area contributed by atoms with Gasteiger partial charge in [-0.25, -0.2) is 18.2 Å². The molecule has 40 heavy (non-hydrogen) atoms. The van der Waals surface area contributed by atoms with Crippen LogP contribution in [0, 0.1) is 17.5 Å². The van der Waals surface area contributed by atoms with Crippen molar-refractivity contribution in [1.29, 1.82) is 0 Å². The standard InChI is InChI=1S/C29H30F3N5O3/c1-17(2)19-7-5-9-22(31)27(19)37(16-39)29-20(28(33-4)36-12-11-35(15-38)14-18(36)3)13-23(32)26(34-29)25-21(30)8-6-10-24(25)40/h5-10,13,15-18,40H,11-12,14H2,1-4H3. The number of carbonyl (C=O) groups is 2. The Morgan fingerprint density at radius 2 is 1.80 bits per heavy atom. The number of nitrogens with zero attached hydrogens (tertiary/aromatic N) is 5. The molecule has 1 aliphatic rings. The second-order valence-electron chi connectivity index (χ2n) is 9.82. The number of hydrogen-bond acceptors (Lipinski definition) is 5. The van der Waals surface area contributed by atoms with Crippen molar-refractivity contribution in [3.05, 3.63) is 71.0 Å². The summed E-state index contributed by atoms with van der Waals surface area (Å²) >= 11 is 0. The van der Waals surface area contributed by atoms with E-state index in [4.69, 9.17) is 0 Å². The van der Waals surface area contributed by atoms with E-state index in [0.29, 0.717) is 31.6 Å². The van der Waals surface area contributed by atoms with Crippen LogP contribution in [0.15, 0.2) is 47.5 Å².